The monoisotopic (exact) mass is 563 g/mol. The smallest absolute Gasteiger partial charge is 0.264 e. The number of nitrogens with zero attached hydrogens (tertiary/aromatic N) is 2. The Labute approximate surface area is 239 Å². The predicted octanol–water partition coefficient (Wildman–Crippen LogP) is 5.13. The Morgan fingerprint density at radius 3 is 2.10 bits per heavy atom. The summed E-state index contributed by atoms with van der Waals surface area (Å²) in [6, 6.07) is 22.7. The number of anilines is 1. The van der Waals surface area contributed by atoms with Crippen LogP contribution in [0.5, 0.6) is 0 Å². The normalized spacial score (nSPS) is 12.4. The number of aryl methyl sites for hydroxylation is 2. The summed E-state index contributed by atoms with van der Waals surface area (Å²) in [4.78, 5) is 28.8. The molecule has 7 nitrogen and oxygen atoms in total. The summed E-state index contributed by atoms with van der Waals surface area (Å²) in [7, 11) is -4.09. The van der Waals surface area contributed by atoms with E-state index in [9.17, 15) is 18.0 Å². The highest BCUT2D eigenvalue weighted by molar-refractivity contribution is 7.92. The fraction of sp³-hybridized carbons (Fsp3) is 0.375. The van der Waals surface area contributed by atoms with Crippen molar-refractivity contribution in [2.45, 2.75) is 70.9 Å². The van der Waals surface area contributed by atoms with Gasteiger partial charge in [-0.25, -0.2) is 8.42 Å². The van der Waals surface area contributed by atoms with Crippen molar-refractivity contribution in [1.29, 1.82) is 0 Å². The minimum Gasteiger partial charge on any atom is -0.350 e. The van der Waals surface area contributed by atoms with Crippen molar-refractivity contribution in [1.82, 2.24) is 10.2 Å². The van der Waals surface area contributed by atoms with Crippen LogP contribution in [-0.2, 0) is 32.5 Å². The molecule has 0 radical (unpaired) electrons. The van der Waals surface area contributed by atoms with Crippen LogP contribution in [0.25, 0.3) is 0 Å². The summed E-state index contributed by atoms with van der Waals surface area (Å²) >= 11 is 0. The average molecular weight is 564 g/mol. The second kappa shape index (κ2) is 13.1. The molecule has 3 aromatic carbocycles. The molecule has 40 heavy (non-hydrogen) atoms. The van der Waals surface area contributed by atoms with Crippen molar-refractivity contribution >= 4 is 27.5 Å². The Balaban J connectivity index is 2.02. The van der Waals surface area contributed by atoms with Crippen LogP contribution >= 0.6 is 0 Å². The standard InChI is InChI=1S/C32H41N3O4S/c1-7-27-15-11-12-16-29(27)35(40(38,39)28-19-17-24(2)18-20-28)23-30(36)34(22-21-26-13-9-8-10-14-26)25(3)31(37)33-32(4,5)6/h8-20,25H,7,21-23H2,1-6H3,(H,33,37)/t25-/m1/s1. The number of nitrogens with one attached hydrogen (secondary N) is 1. The van der Waals surface area contributed by atoms with E-state index in [1.165, 1.54) is 9.21 Å². The van der Waals surface area contributed by atoms with Crippen LogP contribution in [0.3, 0.4) is 0 Å². The second-order valence-corrected chi connectivity index (χ2v) is 12.9. The molecule has 0 aliphatic carbocycles. The molecule has 0 unspecified atom stereocenters. The lowest BCUT2D eigenvalue weighted by Crippen LogP contribution is -2.55. The fourth-order valence-electron chi connectivity index (χ4n) is 4.45. The molecule has 0 aliphatic heterocycles. The van der Waals surface area contributed by atoms with E-state index in [-0.39, 0.29) is 17.3 Å². The molecule has 3 aromatic rings. The topological polar surface area (TPSA) is 86.8 Å². The molecule has 214 valence electrons. The maximum atomic E-state index is 14.0. The largest absolute Gasteiger partial charge is 0.350 e. The zero-order chi connectivity index (χ0) is 29.5. The minimum absolute atomic E-state index is 0.103. The van der Waals surface area contributed by atoms with Gasteiger partial charge in [-0.2, -0.15) is 0 Å². The number of benzene rings is 3. The molecule has 3 rings (SSSR count). The number of carbonyl (C=O) groups excluding carboxylic acids is 2. The molecule has 0 aromatic heterocycles. The third-order valence-corrected chi connectivity index (χ3v) is 8.45. The lowest BCUT2D eigenvalue weighted by Gasteiger charge is -2.34. The van der Waals surface area contributed by atoms with Gasteiger partial charge in [0.2, 0.25) is 11.8 Å². The Morgan fingerprint density at radius 1 is 0.900 bits per heavy atom. The van der Waals surface area contributed by atoms with Gasteiger partial charge in [0.05, 0.1) is 10.6 Å². The number of para-hydroxylation sites is 1. The first-order valence-corrected chi connectivity index (χ1v) is 15.1. The van der Waals surface area contributed by atoms with Crippen molar-refractivity contribution in [2.75, 3.05) is 17.4 Å². The molecular weight excluding hydrogens is 522 g/mol. The Hall–Kier alpha value is -3.65. The van der Waals surface area contributed by atoms with E-state index in [1.54, 1.807) is 43.3 Å². The molecule has 8 heteroatoms. The summed E-state index contributed by atoms with van der Waals surface area (Å²) in [5.41, 5.74) is 2.72. The SMILES string of the molecule is CCc1ccccc1N(CC(=O)N(CCc1ccccc1)[C@H](C)C(=O)NC(C)(C)C)S(=O)(=O)c1ccc(C)cc1. The van der Waals surface area contributed by atoms with Gasteiger partial charge in [0, 0.05) is 12.1 Å². The summed E-state index contributed by atoms with van der Waals surface area (Å²) in [5.74, 6) is -0.745. The first-order chi connectivity index (χ1) is 18.8. The fourth-order valence-corrected chi connectivity index (χ4v) is 5.90. The van der Waals surface area contributed by atoms with Gasteiger partial charge in [-0.15, -0.1) is 0 Å². The van der Waals surface area contributed by atoms with Gasteiger partial charge in [-0.3, -0.25) is 13.9 Å². The number of hydrogen-bond acceptors (Lipinski definition) is 4. The molecular formula is C32H41N3O4S. The van der Waals surface area contributed by atoms with E-state index in [1.807, 2.05) is 77.1 Å². The maximum absolute atomic E-state index is 14.0. The molecule has 0 aliphatic rings. The number of hydrogen-bond donors (Lipinski definition) is 1. The molecule has 0 fully saturated rings. The second-order valence-electron chi connectivity index (χ2n) is 11.0. The van der Waals surface area contributed by atoms with Gasteiger partial charge in [0.1, 0.15) is 12.6 Å². The van der Waals surface area contributed by atoms with E-state index >= 15 is 0 Å². The van der Waals surface area contributed by atoms with Gasteiger partial charge in [-0.05, 0) is 76.8 Å². The molecule has 2 amide bonds. The highest BCUT2D eigenvalue weighted by atomic mass is 32.2. The Bertz CT molecular complexity index is 1400. The molecule has 0 saturated heterocycles. The van der Waals surface area contributed by atoms with E-state index < -0.39 is 34.1 Å². The van der Waals surface area contributed by atoms with Crippen LogP contribution in [0.4, 0.5) is 5.69 Å². The van der Waals surface area contributed by atoms with Crippen LogP contribution in [0.2, 0.25) is 0 Å². The Kier molecular flexibility index (Phi) is 10.1. The van der Waals surface area contributed by atoms with Gasteiger partial charge < -0.3 is 10.2 Å². The average Bonchev–Trinajstić information content (AvgIpc) is 2.91. The molecule has 0 bridgehead atoms. The van der Waals surface area contributed by atoms with Crippen LogP contribution in [0.15, 0.2) is 83.8 Å². The highest BCUT2D eigenvalue weighted by Gasteiger charge is 2.33. The first kappa shape index (κ1) is 30.9. The van der Waals surface area contributed by atoms with Gasteiger partial charge in [0.25, 0.3) is 10.0 Å². The van der Waals surface area contributed by atoms with Crippen LogP contribution < -0.4 is 9.62 Å². The molecule has 1 N–H and O–H groups in total. The van der Waals surface area contributed by atoms with E-state index in [2.05, 4.69) is 5.32 Å². The van der Waals surface area contributed by atoms with E-state index in [0.717, 1.165) is 16.7 Å². The van der Waals surface area contributed by atoms with E-state index in [4.69, 9.17) is 0 Å². The number of rotatable bonds is 11. The summed E-state index contributed by atoms with van der Waals surface area (Å²) < 4.78 is 29.2. The number of amides is 2. The molecule has 0 saturated carbocycles. The third-order valence-electron chi connectivity index (χ3n) is 6.68. The van der Waals surface area contributed by atoms with Crippen molar-refractivity contribution in [3.63, 3.8) is 0 Å². The summed E-state index contributed by atoms with van der Waals surface area (Å²) in [5, 5.41) is 2.95. The maximum Gasteiger partial charge on any atom is 0.264 e. The lowest BCUT2D eigenvalue weighted by atomic mass is 10.1. The van der Waals surface area contributed by atoms with Crippen molar-refractivity contribution in [2.24, 2.45) is 0 Å². The Morgan fingerprint density at radius 2 is 1.50 bits per heavy atom. The number of carbonyl (C=O) groups is 2. The van der Waals surface area contributed by atoms with E-state index in [0.29, 0.717) is 18.5 Å². The van der Waals surface area contributed by atoms with Gasteiger partial charge in [0.15, 0.2) is 0 Å². The van der Waals surface area contributed by atoms with Crippen molar-refractivity contribution in [3.05, 3.63) is 95.6 Å². The lowest BCUT2D eigenvalue weighted by molar-refractivity contribution is -0.139. The predicted molar refractivity (Wildman–Crippen MR) is 161 cm³/mol. The zero-order valence-corrected chi connectivity index (χ0v) is 25.2. The molecule has 0 spiro atoms. The summed E-state index contributed by atoms with van der Waals surface area (Å²) in [6.07, 6.45) is 1.11. The van der Waals surface area contributed by atoms with Crippen molar-refractivity contribution in [3.8, 4) is 0 Å². The van der Waals surface area contributed by atoms with Crippen LogP contribution in [0.1, 0.15) is 51.3 Å². The minimum atomic E-state index is -4.09. The van der Waals surface area contributed by atoms with Gasteiger partial charge >= 0.3 is 0 Å². The highest BCUT2D eigenvalue weighted by Crippen LogP contribution is 2.28. The van der Waals surface area contributed by atoms with Crippen molar-refractivity contribution < 1.29 is 18.0 Å². The molecule has 0 heterocycles. The van der Waals surface area contributed by atoms with Crippen LogP contribution in [0, 0.1) is 6.92 Å². The first-order valence-electron chi connectivity index (χ1n) is 13.7. The third kappa shape index (κ3) is 7.94. The van der Waals surface area contributed by atoms with Crippen LogP contribution in [-0.4, -0.2) is 49.8 Å². The quantitative estimate of drug-likeness (QED) is 0.351. The molecule has 1 atom stereocenters. The summed E-state index contributed by atoms with van der Waals surface area (Å²) in [6.45, 7) is 11.0. The zero-order valence-electron chi connectivity index (χ0n) is 24.3. The number of sulfonamides is 1. The van der Waals surface area contributed by atoms with Gasteiger partial charge in [-0.1, -0.05) is 73.2 Å².